The van der Waals surface area contributed by atoms with Crippen LogP contribution in [0.2, 0.25) is 0 Å². The molecule has 4 rings (SSSR count). The van der Waals surface area contributed by atoms with E-state index in [0.29, 0.717) is 30.6 Å². The molecule has 8 nitrogen and oxygen atoms in total. The van der Waals surface area contributed by atoms with E-state index in [-0.39, 0.29) is 12.1 Å². The van der Waals surface area contributed by atoms with Gasteiger partial charge in [-0.05, 0) is 43.5 Å². The van der Waals surface area contributed by atoms with E-state index in [2.05, 4.69) is 20.4 Å². The van der Waals surface area contributed by atoms with Crippen LogP contribution in [0.25, 0.3) is 11.4 Å². The number of likely N-dealkylation sites (tertiary alicyclic amines) is 1. The summed E-state index contributed by atoms with van der Waals surface area (Å²) in [4.78, 5) is 22.9. The van der Waals surface area contributed by atoms with Crippen LogP contribution in [-0.2, 0) is 6.54 Å². The van der Waals surface area contributed by atoms with Crippen molar-refractivity contribution >= 4 is 6.03 Å². The summed E-state index contributed by atoms with van der Waals surface area (Å²) in [5, 5.41) is 6.94. The lowest BCUT2D eigenvalue weighted by molar-refractivity contribution is 0.131. The SMILES string of the molecule is O=C(NCc1ccco1)N1CCCC[C@H]1c1nc(-c2ccncc2)no1. The number of urea groups is 1. The zero-order chi connectivity index (χ0) is 17.8. The first-order chi connectivity index (χ1) is 12.8. The molecular weight excluding hydrogens is 334 g/mol. The first kappa shape index (κ1) is 16.3. The molecule has 134 valence electrons. The third-order valence-electron chi connectivity index (χ3n) is 4.42. The van der Waals surface area contributed by atoms with E-state index >= 15 is 0 Å². The Kier molecular flexibility index (Phi) is 4.63. The van der Waals surface area contributed by atoms with Gasteiger partial charge in [0.25, 0.3) is 0 Å². The van der Waals surface area contributed by atoms with Gasteiger partial charge in [-0.2, -0.15) is 4.98 Å². The molecule has 2 amide bonds. The van der Waals surface area contributed by atoms with Crippen molar-refractivity contribution in [3.8, 4) is 11.4 Å². The van der Waals surface area contributed by atoms with Crippen molar-refractivity contribution in [1.82, 2.24) is 25.3 Å². The number of nitrogens with zero attached hydrogens (tertiary/aromatic N) is 4. The maximum Gasteiger partial charge on any atom is 0.318 e. The van der Waals surface area contributed by atoms with Crippen LogP contribution >= 0.6 is 0 Å². The molecule has 0 unspecified atom stereocenters. The van der Waals surface area contributed by atoms with Gasteiger partial charge in [0.05, 0.1) is 12.8 Å². The second-order valence-electron chi connectivity index (χ2n) is 6.14. The molecule has 26 heavy (non-hydrogen) atoms. The largest absolute Gasteiger partial charge is 0.467 e. The van der Waals surface area contributed by atoms with E-state index in [1.54, 1.807) is 29.6 Å². The molecule has 0 aromatic carbocycles. The number of nitrogens with one attached hydrogen (secondary N) is 1. The highest BCUT2D eigenvalue weighted by Gasteiger charge is 2.32. The van der Waals surface area contributed by atoms with Crippen molar-refractivity contribution in [3.63, 3.8) is 0 Å². The normalized spacial score (nSPS) is 17.2. The summed E-state index contributed by atoms with van der Waals surface area (Å²) < 4.78 is 10.7. The molecule has 3 aromatic heterocycles. The molecule has 1 aliphatic rings. The van der Waals surface area contributed by atoms with Crippen molar-refractivity contribution in [3.05, 3.63) is 54.6 Å². The van der Waals surface area contributed by atoms with Gasteiger partial charge in [-0.15, -0.1) is 0 Å². The highest BCUT2D eigenvalue weighted by Crippen LogP contribution is 2.31. The maximum atomic E-state index is 12.6. The Morgan fingerprint density at radius 3 is 2.96 bits per heavy atom. The highest BCUT2D eigenvalue weighted by atomic mass is 16.5. The Morgan fingerprint density at radius 1 is 1.27 bits per heavy atom. The Balaban J connectivity index is 1.48. The van der Waals surface area contributed by atoms with Crippen molar-refractivity contribution < 1.29 is 13.7 Å². The van der Waals surface area contributed by atoms with Crippen LogP contribution in [0.3, 0.4) is 0 Å². The summed E-state index contributed by atoms with van der Waals surface area (Å²) >= 11 is 0. The number of carbonyl (C=O) groups excluding carboxylic acids is 1. The van der Waals surface area contributed by atoms with Crippen molar-refractivity contribution in [1.29, 1.82) is 0 Å². The van der Waals surface area contributed by atoms with Gasteiger partial charge >= 0.3 is 6.03 Å². The van der Waals surface area contributed by atoms with E-state index in [1.165, 1.54) is 0 Å². The number of furan rings is 1. The average Bonchev–Trinajstić information content (AvgIpc) is 3.39. The standard InChI is InChI=1S/C18H19N5O3/c24-18(20-12-14-4-3-11-25-14)23-10-2-1-5-15(23)17-21-16(22-26-17)13-6-8-19-9-7-13/h3-4,6-9,11,15H,1-2,5,10,12H2,(H,20,24)/t15-/m0/s1. The van der Waals surface area contributed by atoms with Gasteiger partial charge in [-0.1, -0.05) is 5.16 Å². The number of pyridine rings is 1. The third-order valence-corrected chi connectivity index (χ3v) is 4.42. The summed E-state index contributed by atoms with van der Waals surface area (Å²) in [7, 11) is 0. The minimum absolute atomic E-state index is 0.158. The predicted molar refractivity (Wildman–Crippen MR) is 91.8 cm³/mol. The van der Waals surface area contributed by atoms with Crippen molar-refractivity contribution in [2.45, 2.75) is 31.8 Å². The Bertz CT molecular complexity index is 847. The Hall–Kier alpha value is -3.16. The average molecular weight is 353 g/mol. The second-order valence-corrected chi connectivity index (χ2v) is 6.14. The van der Waals surface area contributed by atoms with Gasteiger partial charge in [-0.25, -0.2) is 4.79 Å². The summed E-state index contributed by atoms with van der Waals surface area (Å²) in [5.74, 6) is 1.68. The summed E-state index contributed by atoms with van der Waals surface area (Å²) in [6.07, 6.45) is 7.72. The fraction of sp³-hybridized carbons (Fsp3) is 0.333. The molecule has 0 saturated carbocycles. The first-order valence-corrected chi connectivity index (χ1v) is 8.62. The summed E-state index contributed by atoms with van der Waals surface area (Å²) in [6, 6.07) is 6.89. The number of hydrogen-bond donors (Lipinski definition) is 1. The van der Waals surface area contributed by atoms with Crippen molar-refractivity contribution in [2.24, 2.45) is 0 Å². The number of aromatic nitrogens is 3. The quantitative estimate of drug-likeness (QED) is 0.774. The lowest BCUT2D eigenvalue weighted by Crippen LogP contribution is -2.44. The maximum absolute atomic E-state index is 12.6. The number of amides is 2. The van der Waals surface area contributed by atoms with Gasteiger partial charge in [0.1, 0.15) is 11.8 Å². The van der Waals surface area contributed by atoms with Crippen molar-refractivity contribution in [2.75, 3.05) is 6.54 Å². The summed E-state index contributed by atoms with van der Waals surface area (Å²) in [5.41, 5.74) is 0.833. The van der Waals surface area contributed by atoms with E-state index in [4.69, 9.17) is 8.94 Å². The van der Waals surface area contributed by atoms with Gasteiger partial charge in [0.15, 0.2) is 0 Å². The number of carbonyl (C=O) groups is 1. The van der Waals surface area contributed by atoms with Gasteiger partial charge in [-0.3, -0.25) is 4.98 Å². The first-order valence-electron chi connectivity index (χ1n) is 8.62. The molecule has 0 spiro atoms. The molecule has 4 heterocycles. The van der Waals surface area contributed by atoms with Crippen LogP contribution in [0.4, 0.5) is 4.79 Å². The van der Waals surface area contributed by atoms with Crippen LogP contribution in [0.15, 0.2) is 51.9 Å². The minimum atomic E-state index is -0.219. The van der Waals surface area contributed by atoms with Gasteiger partial charge in [0.2, 0.25) is 11.7 Å². The minimum Gasteiger partial charge on any atom is -0.467 e. The summed E-state index contributed by atoms with van der Waals surface area (Å²) in [6.45, 7) is 1.00. The number of piperidine rings is 1. The van der Waals surface area contributed by atoms with E-state index in [0.717, 1.165) is 24.8 Å². The molecule has 1 fully saturated rings. The van der Waals surface area contributed by atoms with E-state index in [1.807, 2.05) is 18.2 Å². The number of rotatable bonds is 4. The molecule has 8 heteroatoms. The Morgan fingerprint density at radius 2 is 2.15 bits per heavy atom. The van der Waals surface area contributed by atoms with E-state index < -0.39 is 0 Å². The van der Waals surface area contributed by atoms with Crippen LogP contribution in [0, 0.1) is 0 Å². The predicted octanol–water partition coefficient (Wildman–Crippen LogP) is 3.16. The van der Waals surface area contributed by atoms with Gasteiger partial charge in [0, 0.05) is 24.5 Å². The molecular formula is C18H19N5O3. The molecule has 0 bridgehead atoms. The van der Waals surface area contributed by atoms with Crippen LogP contribution in [0.1, 0.15) is 37.0 Å². The lowest BCUT2D eigenvalue weighted by atomic mass is 10.0. The molecule has 1 atom stereocenters. The molecule has 1 saturated heterocycles. The van der Waals surface area contributed by atoms with Crippen LogP contribution in [0.5, 0.6) is 0 Å². The van der Waals surface area contributed by atoms with E-state index in [9.17, 15) is 4.79 Å². The zero-order valence-electron chi connectivity index (χ0n) is 14.2. The number of hydrogen-bond acceptors (Lipinski definition) is 6. The highest BCUT2D eigenvalue weighted by molar-refractivity contribution is 5.74. The fourth-order valence-electron chi connectivity index (χ4n) is 3.10. The molecule has 0 aliphatic carbocycles. The molecule has 1 aliphatic heterocycles. The lowest BCUT2D eigenvalue weighted by Gasteiger charge is -2.33. The zero-order valence-corrected chi connectivity index (χ0v) is 14.2. The molecule has 0 radical (unpaired) electrons. The van der Waals surface area contributed by atoms with Gasteiger partial charge < -0.3 is 19.2 Å². The molecule has 1 N–H and O–H groups in total. The van der Waals surface area contributed by atoms with Crippen LogP contribution < -0.4 is 5.32 Å². The smallest absolute Gasteiger partial charge is 0.318 e. The third kappa shape index (κ3) is 3.44. The molecule has 3 aromatic rings. The monoisotopic (exact) mass is 353 g/mol. The van der Waals surface area contributed by atoms with Crippen LogP contribution in [-0.4, -0.2) is 32.6 Å². The Labute approximate surface area is 150 Å². The second kappa shape index (κ2) is 7.38. The fourth-order valence-corrected chi connectivity index (χ4v) is 3.10. The topological polar surface area (TPSA) is 97.3 Å².